The maximum atomic E-state index is 12.9. The molecule has 2 fully saturated rings. The molecule has 1 aliphatic heterocycles. The van der Waals surface area contributed by atoms with Crippen molar-refractivity contribution in [3.05, 3.63) is 35.9 Å². The predicted octanol–water partition coefficient (Wildman–Crippen LogP) is 0.182. The van der Waals surface area contributed by atoms with Gasteiger partial charge in [-0.1, -0.05) is 30.3 Å². The molecule has 1 spiro atoms. The van der Waals surface area contributed by atoms with Crippen molar-refractivity contribution < 1.29 is 24.2 Å². The normalized spacial score (nSPS) is 35.3. The van der Waals surface area contributed by atoms with E-state index in [0.717, 1.165) is 0 Å². The van der Waals surface area contributed by atoms with E-state index < -0.39 is 41.0 Å². The average Bonchev–Trinajstić information content (AvgIpc) is 3.00. The van der Waals surface area contributed by atoms with Gasteiger partial charge in [-0.2, -0.15) is 0 Å². The molecule has 8 nitrogen and oxygen atoms in total. The number of aliphatic hydroxyl groups is 1. The molecule has 1 heterocycles. The Morgan fingerprint density at radius 2 is 1.74 bits per heavy atom. The maximum absolute atomic E-state index is 12.9. The van der Waals surface area contributed by atoms with Crippen LogP contribution in [-0.4, -0.2) is 47.6 Å². The Morgan fingerprint density at radius 3 is 2.26 bits per heavy atom. The first-order valence-electron chi connectivity index (χ1n) is 8.54. The van der Waals surface area contributed by atoms with Crippen molar-refractivity contribution in [1.29, 1.82) is 0 Å². The molecule has 9 heteroatoms. The van der Waals surface area contributed by atoms with Crippen molar-refractivity contribution in [3.8, 4) is 0 Å². The van der Waals surface area contributed by atoms with E-state index >= 15 is 0 Å². The van der Waals surface area contributed by atoms with Crippen LogP contribution in [0.25, 0.3) is 0 Å². The minimum Gasteiger partial charge on any atom is -0.469 e. The Hall–Kier alpha value is -2.23. The molecular formula is C18H23N3O5S. The Morgan fingerprint density at radius 1 is 1.15 bits per heavy atom. The SMILES string of the molecule is COC(=O)[C@@H]1[C@H](c2ccccc2)[C@H](C(=O)OC)[C@@]2(C[C@@]1(C)O)NNC(=S)N2. The van der Waals surface area contributed by atoms with E-state index in [0.29, 0.717) is 10.7 Å². The van der Waals surface area contributed by atoms with Gasteiger partial charge < -0.3 is 19.9 Å². The number of hydrogen-bond donors (Lipinski definition) is 4. The summed E-state index contributed by atoms with van der Waals surface area (Å²) in [5.41, 5.74) is 3.90. The average molecular weight is 393 g/mol. The molecule has 0 radical (unpaired) electrons. The first-order chi connectivity index (χ1) is 12.8. The smallest absolute Gasteiger partial charge is 0.313 e. The van der Waals surface area contributed by atoms with E-state index in [1.165, 1.54) is 14.2 Å². The highest BCUT2D eigenvalue weighted by molar-refractivity contribution is 7.80. The van der Waals surface area contributed by atoms with Gasteiger partial charge in [0, 0.05) is 12.3 Å². The van der Waals surface area contributed by atoms with Gasteiger partial charge in [0.1, 0.15) is 11.6 Å². The molecule has 2 aliphatic rings. The number of benzene rings is 1. The molecule has 1 aromatic carbocycles. The lowest BCUT2D eigenvalue weighted by molar-refractivity contribution is -0.177. The van der Waals surface area contributed by atoms with Gasteiger partial charge in [0.2, 0.25) is 0 Å². The second-order valence-corrected chi connectivity index (χ2v) is 7.56. The molecule has 0 amide bonds. The molecule has 5 atom stereocenters. The van der Waals surface area contributed by atoms with Crippen molar-refractivity contribution >= 4 is 29.3 Å². The Balaban J connectivity index is 2.22. The van der Waals surface area contributed by atoms with Crippen LogP contribution in [-0.2, 0) is 19.1 Å². The van der Waals surface area contributed by atoms with Crippen LogP contribution < -0.4 is 16.2 Å². The largest absolute Gasteiger partial charge is 0.469 e. The van der Waals surface area contributed by atoms with Gasteiger partial charge in [0.15, 0.2) is 5.11 Å². The van der Waals surface area contributed by atoms with E-state index in [9.17, 15) is 14.7 Å². The summed E-state index contributed by atoms with van der Waals surface area (Å²) in [4.78, 5) is 25.6. The standard InChI is InChI=1S/C18H23N3O5S/c1-17(24)9-18(19-16(27)20-21-18)13(15(23)26-3)11(12(17)14(22)25-2)10-7-5-4-6-8-10/h4-8,11-13,21,24H,9H2,1-3H3,(H2,19,20,27)/t11-,12-,13+,17+,18+/m0/s1. The molecule has 0 unspecified atom stereocenters. The first-order valence-corrected chi connectivity index (χ1v) is 8.95. The Kier molecular flexibility index (Phi) is 5.11. The minimum absolute atomic E-state index is 0.0238. The van der Waals surface area contributed by atoms with Crippen LogP contribution in [0.15, 0.2) is 30.3 Å². The first kappa shape index (κ1) is 19.5. The zero-order chi connectivity index (χ0) is 19.8. The van der Waals surface area contributed by atoms with Crippen LogP contribution >= 0.6 is 12.2 Å². The molecule has 146 valence electrons. The van der Waals surface area contributed by atoms with E-state index in [2.05, 4.69) is 16.2 Å². The molecule has 3 rings (SSSR count). The van der Waals surface area contributed by atoms with Crippen molar-refractivity contribution in [2.24, 2.45) is 11.8 Å². The molecule has 1 saturated carbocycles. The number of ether oxygens (including phenoxy) is 2. The van der Waals surface area contributed by atoms with Crippen LogP contribution in [0.2, 0.25) is 0 Å². The highest BCUT2D eigenvalue weighted by atomic mass is 32.1. The number of carbonyl (C=O) groups excluding carboxylic acids is 2. The summed E-state index contributed by atoms with van der Waals surface area (Å²) in [6, 6.07) is 9.08. The van der Waals surface area contributed by atoms with E-state index in [1.807, 2.05) is 30.3 Å². The lowest BCUT2D eigenvalue weighted by Crippen LogP contribution is -2.70. The molecule has 4 N–H and O–H groups in total. The van der Waals surface area contributed by atoms with Crippen LogP contribution in [0.3, 0.4) is 0 Å². The van der Waals surface area contributed by atoms with Gasteiger partial charge in [-0.15, -0.1) is 0 Å². The lowest BCUT2D eigenvalue weighted by atomic mass is 9.58. The summed E-state index contributed by atoms with van der Waals surface area (Å²) in [6.45, 7) is 1.56. The molecule has 27 heavy (non-hydrogen) atoms. The summed E-state index contributed by atoms with van der Waals surface area (Å²) < 4.78 is 10.0. The number of hydrogen-bond acceptors (Lipinski definition) is 7. The number of esters is 2. The maximum Gasteiger partial charge on any atom is 0.313 e. The van der Waals surface area contributed by atoms with Gasteiger partial charge in [-0.05, 0) is 24.7 Å². The van der Waals surface area contributed by atoms with Crippen LogP contribution in [0.1, 0.15) is 24.8 Å². The fraction of sp³-hybridized carbons (Fsp3) is 0.500. The number of rotatable bonds is 3. The number of carbonyl (C=O) groups is 2. The molecular weight excluding hydrogens is 370 g/mol. The summed E-state index contributed by atoms with van der Waals surface area (Å²) in [6.07, 6.45) is 0.0238. The van der Waals surface area contributed by atoms with E-state index in [-0.39, 0.29) is 6.42 Å². The summed E-state index contributed by atoms with van der Waals surface area (Å²) in [5.74, 6) is -3.66. The molecule has 1 aliphatic carbocycles. The Labute approximate surface area is 162 Å². The highest BCUT2D eigenvalue weighted by Gasteiger charge is 2.65. The van der Waals surface area contributed by atoms with Gasteiger partial charge in [0.05, 0.1) is 25.7 Å². The fourth-order valence-corrected chi connectivity index (χ4v) is 4.64. The Bertz CT molecular complexity index is 757. The van der Waals surface area contributed by atoms with E-state index in [1.54, 1.807) is 6.92 Å². The van der Waals surface area contributed by atoms with Crippen LogP contribution in [0.5, 0.6) is 0 Å². The molecule has 0 aromatic heterocycles. The van der Waals surface area contributed by atoms with Crippen molar-refractivity contribution in [2.75, 3.05) is 14.2 Å². The molecule has 0 bridgehead atoms. The molecule has 1 saturated heterocycles. The topological polar surface area (TPSA) is 109 Å². The summed E-state index contributed by atoms with van der Waals surface area (Å²) in [7, 11) is 2.55. The zero-order valence-corrected chi connectivity index (χ0v) is 16.1. The lowest BCUT2D eigenvalue weighted by Gasteiger charge is -2.52. The highest BCUT2D eigenvalue weighted by Crippen LogP contribution is 2.51. The van der Waals surface area contributed by atoms with Gasteiger partial charge >= 0.3 is 11.9 Å². The monoisotopic (exact) mass is 393 g/mol. The van der Waals surface area contributed by atoms with Crippen molar-refractivity contribution in [3.63, 3.8) is 0 Å². The number of methoxy groups -OCH3 is 2. The van der Waals surface area contributed by atoms with Gasteiger partial charge in [-0.3, -0.25) is 15.0 Å². The quantitative estimate of drug-likeness (QED) is 0.422. The zero-order valence-electron chi connectivity index (χ0n) is 15.3. The third-order valence-corrected chi connectivity index (χ3v) is 5.59. The molecule has 1 aromatic rings. The summed E-state index contributed by atoms with van der Waals surface area (Å²) >= 11 is 5.17. The van der Waals surface area contributed by atoms with Crippen molar-refractivity contribution in [2.45, 2.75) is 30.5 Å². The number of hydrazine groups is 1. The summed E-state index contributed by atoms with van der Waals surface area (Å²) in [5, 5.41) is 14.6. The van der Waals surface area contributed by atoms with Crippen molar-refractivity contribution in [1.82, 2.24) is 16.2 Å². The van der Waals surface area contributed by atoms with E-state index in [4.69, 9.17) is 21.7 Å². The number of nitrogens with one attached hydrogen (secondary N) is 3. The van der Waals surface area contributed by atoms with Crippen LogP contribution in [0, 0.1) is 11.8 Å². The van der Waals surface area contributed by atoms with Gasteiger partial charge in [-0.25, -0.2) is 5.43 Å². The third kappa shape index (κ3) is 3.26. The number of thiocarbonyl (C=S) groups is 1. The minimum atomic E-state index is -1.49. The van der Waals surface area contributed by atoms with Gasteiger partial charge in [0.25, 0.3) is 0 Å². The van der Waals surface area contributed by atoms with Crippen LogP contribution in [0.4, 0.5) is 0 Å². The predicted molar refractivity (Wildman–Crippen MR) is 100 cm³/mol. The third-order valence-electron chi connectivity index (χ3n) is 5.39. The second-order valence-electron chi connectivity index (χ2n) is 7.15. The fourth-order valence-electron chi connectivity index (χ4n) is 4.41. The second kappa shape index (κ2) is 7.06.